The van der Waals surface area contributed by atoms with E-state index >= 15 is 0 Å². The molecule has 0 aliphatic heterocycles. The Kier molecular flexibility index (Phi) is 6.97. The second kappa shape index (κ2) is 9.58. The van der Waals surface area contributed by atoms with Crippen molar-refractivity contribution in [2.45, 2.75) is 105 Å². The molecule has 0 saturated carbocycles. The van der Waals surface area contributed by atoms with Crippen molar-refractivity contribution < 1.29 is 8.83 Å². The van der Waals surface area contributed by atoms with Gasteiger partial charge in [-0.1, -0.05) is 119 Å². The van der Waals surface area contributed by atoms with Gasteiger partial charge in [0.15, 0.2) is 11.0 Å². The Labute approximate surface area is 243 Å². The molecule has 5 rings (SSSR count). The SMILES string of the molecule is CC(C)(C)c1cc(C(C)(C)C)c2pc(-c3ccc(-c4oc5cc(C(C)(C)C)cc(C(C)(C)C)c5p4)cc3)oc2c1. The Morgan fingerprint density at radius 2 is 0.775 bits per heavy atom. The highest BCUT2D eigenvalue weighted by Crippen LogP contribution is 2.47. The lowest BCUT2D eigenvalue weighted by atomic mass is 9.80. The molecule has 0 aliphatic carbocycles. The third-order valence-electron chi connectivity index (χ3n) is 7.72. The summed E-state index contributed by atoms with van der Waals surface area (Å²) >= 11 is 0. The number of benzene rings is 3. The molecule has 0 amide bonds. The van der Waals surface area contributed by atoms with Crippen LogP contribution in [0.25, 0.3) is 43.5 Å². The third kappa shape index (κ3) is 5.55. The highest BCUT2D eigenvalue weighted by atomic mass is 31.0. The monoisotopic (exact) mass is 570 g/mol. The predicted octanol–water partition coefficient (Wildman–Crippen LogP) is 12.9. The zero-order chi connectivity index (χ0) is 29.4. The van der Waals surface area contributed by atoms with Gasteiger partial charge in [-0.3, -0.25) is 0 Å². The molecule has 0 fully saturated rings. The van der Waals surface area contributed by atoms with Gasteiger partial charge in [-0.05, 0) is 72.4 Å². The average Bonchev–Trinajstić information content (AvgIpc) is 3.44. The van der Waals surface area contributed by atoms with Gasteiger partial charge in [-0.2, -0.15) is 0 Å². The van der Waals surface area contributed by atoms with E-state index in [4.69, 9.17) is 8.83 Å². The molecule has 2 aromatic heterocycles. The second-order valence-electron chi connectivity index (χ2n) is 15.4. The molecule has 0 spiro atoms. The van der Waals surface area contributed by atoms with Gasteiger partial charge in [0.05, 0.1) is 10.2 Å². The minimum Gasteiger partial charge on any atom is -0.451 e. The molecule has 2 nitrogen and oxygen atoms in total. The van der Waals surface area contributed by atoms with Crippen molar-refractivity contribution in [3.8, 4) is 22.1 Å². The van der Waals surface area contributed by atoms with Gasteiger partial charge in [0.1, 0.15) is 11.2 Å². The van der Waals surface area contributed by atoms with E-state index in [-0.39, 0.29) is 21.7 Å². The van der Waals surface area contributed by atoms with Crippen LogP contribution in [0, 0.1) is 0 Å². The average molecular weight is 571 g/mol. The minimum atomic E-state index is 0.0459. The first-order valence-corrected chi connectivity index (χ1v) is 16.1. The molecule has 3 aromatic carbocycles. The van der Waals surface area contributed by atoms with Crippen LogP contribution in [0.5, 0.6) is 0 Å². The fraction of sp³-hybridized carbons (Fsp3) is 0.444. The maximum absolute atomic E-state index is 6.54. The van der Waals surface area contributed by atoms with Crippen LogP contribution in [0.2, 0.25) is 0 Å². The summed E-state index contributed by atoms with van der Waals surface area (Å²) in [7, 11) is 2.27. The van der Waals surface area contributed by atoms with Crippen molar-refractivity contribution in [1.82, 2.24) is 0 Å². The van der Waals surface area contributed by atoms with E-state index in [2.05, 4.69) is 132 Å². The summed E-state index contributed by atoms with van der Waals surface area (Å²) in [5, 5.41) is 2.60. The highest BCUT2D eigenvalue weighted by Gasteiger charge is 2.26. The van der Waals surface area contributed by atoms with Gasteiger partial charge in [0.25, 0.3) is 0 Å². The molecule has 2 heterocycles. The van der Waals surface area contributed by atoms with Crippen LogP contribution in [0.1, 0.15) is 105 Å². The van der Waals surface area contributed by atoms with Crippen molar-refractivity contribution >= 4 is 37.8 Å². The molecule has 210 valence electrons. The van der Waals surface area contributed by atoms with E-state index < -0.39 is 0 Å². The number of fused-ring (bicyclic) bond motifs is 2. The van der Waals surface area contributed by atoms with Crippen LogP contribution >= 0.6 is 16.4 Å². The number of hydrogen-bond donors (Lipinski definition) is 0. The lowest BCUT2D eigenvalue weighted by Crippen LogP contribution is -2.16. The van der Waals surface area contributed by atoms with E-state index in [0.29, 0.717) is 0 Å². The first-order chi connectivity index (χ1) is 18.3. The molecule has 40 heavy (non-hydrogen) atoms. The first-order valence-electron chi connectivity index (χ1n) is 14.3. The molecule has 0 radical (unpaired) electrons. The van der Waals surface area contributed by atoms with Crippen LogP contribution in [-0.4, -0.2) is 0 Å². The quantitative estimate of drug-likeness (QED) is 0.211. The molecule has 0 N–H and O–H groups in total. The van der Waals surface area contributed by atoms with E-state index in [0.717, 1.165) is 49.7 Å². The summed E-state index contributed by atoms with van der Waals surface area (Å²) in [5.74, 6) is 0. The van der Waals surface area contributed by atoms with Gasteiger partial charge in [-0.15, -0.1) is 0 Å². The van der Waals surface area contributed by atoms with Crippen molar-refractivity contribution in [1.29, 1.82) is 0 Å². The normalized spacial score (nSPS) is 13.9. The van der Waals surface area contributed by atoms with Gasteiger partial charge in [0, 0.05) is 11.1 Å². The molecule has 0 bridgehead atoms. The minimum absolute atomic E-state index is 0.0459. The summed E-state index contributed by atoms with van der Waals surface area (Å²) < 4.78 is 13.1. The lowest BCUT2D eigenvalue weighted by molar-refractivity contribution is 0.567. The van der Waals surface area contributed by atoms with Crippen LogP contribution in [0.4, 0.5) is 0 Å². The van der Waals surface area contributed by atoms with E-state index in [9.17, 15) is 0 Å². The van der Waals surface area contributed by atoms with Gasteiger partial charge < -0.3 is 8.83 Å². The van der Waals surface area contributed by atoms with Gasteiger partial charge in [-0.25, -0.2) is 0 Å². The fourth-order valence-corrected chi connectivity index (χ4v) is 7.80. The molecular weight excluding hydrogens is 526 g/mol. The summed E-state index contributed by atoms with van der Waals surface area (Å²) in [6.45, 7) is 27.4. The largest absolute Gasteiger partial charge is 0.451 e. The summed E-state index contributed by atoms with van der Waals surface area (Å²) in [5.41, 5.74) is 11.9. The zero-order valence-corrected chi connectivity index (χ0v) is 28.1. The van der Waals surface area contributed by atoms with Crippen LogP contribution < -0.4 is 0 Å². The van der Waals surface area contributed by atoms with E-state index in [1.54, 1.807) is 0 Å². The van der Waals surface area contributed by atoms with Crippen LogP contribution in [0.15, 0.2) is 57.4 Å². The van der Waals surface area contributed by atoms with Crippen molar-refractivity contribution in [2.75, 3.05) is 0 Å². The summed E-state index contributed by atoms with van der Waals surface area (Å²) in [6.07, 6.45) is 0. The zero-order valence-electron chi connectivity index (χ0n) is 26.3. The Hall–Kier alpha value is -2.40. The summed E-state index contributed by atoms with van der Waals surface area (Å²) in [4.78, 5) is 0. The molecule has 4 heteroatoms. The molecule has 5 aromatic rings. The molecular formula is C36H44O2P2. The van der Waals surface area contributed by atoms with E-state index in [1.165, 1.54) is 32.5 Å². The van der Waals surface area contributed by atoms with Crippen LogP contribution in [0.3, 0.4) is 0 Å². The number of hydrogen-bond acceptors (Lipinski definition) is 2. The smallest absolute Gasteiger partial charge is 0.161 e. The summed E-state index contributed by atoms with van der Waals surface area (Å²) in [6, 6.07) is 18.0. The van der Waals surface area contributed by atoms with Crippen molar-refractivity contribution in [3.63, 3.8) is 0 Å². The molecule has 0 saturated heterocycles. The lowest BCUT2D eigenvalue weighted by Gasteiger charge is -2.25. The standard InChI is InChI=1S/C36H44O2P2/c1-33(2,3)23-17-25(35(7,8)9)29-27(19-23)37-31(39-29)21-13-15-22(16-14-21)32-38-28-20-24(34(4,5)6)18-26(30(28)40-32)36(10,11)12/h13-20H,1-12H3. The predicted molar refractivity (Wildman–Crippen MR) is 177 cm³/mol. The number of rotatable bonds is 2. The fourth-order valence-electron chi connectivity index (χ4n) is 5.07. The van der Waals surface area contributed by atoms with Crippen LogP contribution in [-0.2, 0) is 21.7 Å². The molecule has 0 unspecified atom stereocenters. The van der Waals surface area contributed by atoms with Crippen molar-refractivity contribution in [2.24, 2.45) is 0 Å². The van der Waals surface area contributed by atoms with Gasteiger partial charge >= 0.3 is 0 Å². The maximum atomic E-state index is 6.54. The highest BCUT2D eigenvalue weighted by molar-refractivity contribution is 7.40. The Morgan fingerprint density at radius 3 is 1.05 bits per heavy atom. The molecule has 0 aliphatic rings. The van der Waals surface area contributed by atoms with E-state index in [1.807, 2.05) is 0 Å². The molecule has 0 atom stereocenters. The first kappa shape index (κ1) is 29.1. The maximum Gasteiger partial charge on any atom is 0.161 e. The topological polar surface area (TPSA) is 26.3 Å². The van der Waals surface area contributed by atoms with Crippen molar-refractivity contribution in [3.05, 3.63) is 70.8 Å². The third-order valence-corrected chi connectivity index (χ3v) is 10.2. The second-order valence-corrected chi connectivity index (χ2v) is 17.5. The Bertz CT molecular complexity index is 1580. The van der Waals surface area contributed by atoms with Gasteiger partial charge in [0.2, 0.25) is 0 Å². The Morgan fingerprint density at radius 1 is 0.450 bits per heavy atom. The Balaban J connectivity index is 1.57.